The number of ether oxygens (including phenoxy) is 1. The molecule has 2 aliphatic rings. The number of pyridine rings is 1. The molecule has 32 heavy (non-hydrogen) atoms. The Balaban J connectivity index is 1.29. The molecule has 1 N–H and O–H groups in total. The van der Waals surface area contributed by atoms with E-state index in [4.69, 9.17) is 4.74 Å². The van der Waals surface area contributed by atoms with E-state index in [1.165, 1.54) is 11.1 Å². The number of carbonyl (C=O) groups excluding carboxylic acids is 1. The molecule has 2 aromatic rings. The van der Waals surface area contributed by atoms with Crippen molar-refractivity contribution in [2.45, 2.75) is 45.3 Å². The van der Waals surface area contributed by atoms with Gasteiger partial charge in [0, 0.05) is 43.3 Å². The second kappa shape index (κ2) is 10.9. The van der Waals surface area contributed by atoms with Crippen LogP contribution in [0.15, 0.2) is 90.0 Å². The van der Waals surface area contributed by atoms with Crippen molar-refractivity contribution in [3.63, 3.8) is 0 Å². The van der Waals surface area contributed by atoms with Crippen LogP contribution in [0.2, 0.25) is 0 Å². The van der Waals surface area contributed by atoms with E-state index in [0.717, 1.165) is 55.9 Å². The predicted molar refractivity (Wildman–Crippen MR) is 128 cm³/mol. The zero-order valence-corrected chi connectivity index (χ0v) is 18.7. The maximum Gasteiger partial charge on any atom is 0.251 e. The second-order valence-electron chi connectivity index (χ2n) is 8.46. The number of hydrogen-bond donors (Lipinski definition) is 1. The molecule has 1 aliphatic carbocycles. The van der Waals surface area contributed by atoms with E-state index in [0.29, 0.717) is 6.42 Å². The number of aromatic nitrogens is 1. The van der Waals surface area contributed by atoms with Crippen LogP contribution in [0.5, 0.6) is 0 Å². The molecule has 1 amide bonds. The van der Waals surface area contributed by atoms with Gasteiger partial charge in [0.2, 0.25) is 0 Å². The Bertz CT molecular complexity index is 988. The molecule has 0 bridgehead atoms. The third-order valence-corrected chi connectivity index (χ3v) is 6.04. The zero-order valence-electron chi connectivity index (χ0n) is 18.7. The van der Waals surface area contributed by atoms with Gasteiger partial charge in [0.15, 0.2) is 0 Å². The van der Waals surface area contributed by atoms with Crippen molar-refractivity contribution in [2.75, 3.05) is 18.4 Å². The number of allylic oxidation sites excluding steroid dienone is 4. The second-order valence-corrected chi connectivity index (χ2v) is 8.46. The van der Waals surface area contributed by atoms with Gasteiger partial charge in [0.05, 0.1) is 0 Å². The van der Waals surface area contributed by atoms with E-state index < -0.39 is 0 Å². The zero-order chi connectivity index (χ0) is 22.2. The fraction of sp³-hybridized carbons (Fsp3) is 0.333. The number of benzene rings is 1. The Morgan fingerprint density at radius 1 is 1.09 bits per heavy atom. The quantitative estimate of drug-likeness (QED) is 0.681. The summed E-state index contributed by atoms with van der Waals surface area (Å²) in [5, 5.41) is 2.94. The number of hydrogen-bond acceptors (Lipinski definition) is 4. The molecule has 0 saturated carbocycles. The molecular formula is C27H31N3O2. The molecule has 2 heterocycles. The lowest BCUT2D eigenvalue weighted by Gasteiger charge is -2.32. The number of carbonyl (C=O) groups is 1. The third-order valence-electron chi connectivity index (χ3n) is 6.04. The van der Waals surface area contributed by atoms with E-state index in [1.54, 1.807) is 24.5 Å². The van der Waals surface area contributed by atoms with Gasteiger partial charge in [-0.2, -0.15) is 0 Å². The first-order chi connectivity index (χ1) is 15.7. The average Bonchev–Trinajstić information content (AvgIpc) is 2.81. The lowest BCUT2D eigenvalue weighted by atomic mass is 10.0. The van der Waals surface area contributed by atoms with Gasteiger partial charge in [0.25, 0.3) is 5.91 Å². The summed E-state index contributed by atoms with van der Waals surface area (Å²) < 4.78 is 6.40. The van der Waals surface area contributed by atoms with Gasteiger partial charge in [0.1, 0.15) is 11.9 Å². The van der Waals surface area contributed by atoms with Crippen molar-refractivity contribution in [3.8, 4) is 0 Å². The molecule has 5 nitrogen and oxygen atoms in total. The normalized spacial score (nSPS) is 18.0. The minimum absolute atomic E-state index is 0.0659. The summed E-state index contributed by atoms with van der Waals surface area (Å²) in [6.45, 7) is 5.21. The molecule has 4 rings (SSSR count). The van der Waals surface area contributed by atoms with Gasteiger partial charge >= 0.3 is 0 Å². The van der Waals surface area contributed by atoms with Crippen LogP contribution in [0.25, 0.3) is 0 Å². The van der Waals surface area contributed by atoms with Gasteiger partial charge < -0.3 is 10.1 Å². The van der Waals surface area contributed by atoms with Crippen LogP contribution >= 0.6 is 0 Å². The Labute approximate surface area is 190 Å². The number of likely N-dealkylation sites (tertiary alicyclic amines) is 1. The minimum atomic E-state index is -0.0659. The van der Waals surface area contributed by atoms with E-state index in [-0.39, 0.29) is 12.0 Å². The molecule has 0 spiro atoms. The highest BCUT2D eigenvalue weighted by Crippen LogP contribution is 2.25. The maximum atomic E-state index is 12.6. The smallest absolute Gasteiger partial charge is 0.251 e. The highest BCUT2D eigenvalue weighted by atomic mass is 16.5. The van der Waals surface area contributed by atoms with E-state index in [2.05, 4.69) is 52.5 Å². The fourth-order valence-electron chi connectivity index (χ4n) is 4.10. The molecule has 166 valence electrons. The molecule has 0 unspecified atom stereocenters. The highest BCUT2D eigenvalue weighted by molar-refractivity contribution is 6.03. The summed E-state index contributed by atoms with van der Waals surface area (Å²) in [6, 6.07) is 14.2. The van der Waals surface area contributed by atoms with Gasteiger partial charge in [-0.25, -0.2) is 0 Å². The summed E-state index contributed by atoms with van der Waals surface area (Å²) in [5.41, 5.74) is 4.08. The van der Waals surface area contributed by atoms with Crippen molar-refractivity contribution >= 4 is 11.6 Å². The summed E-state index contributed by atoms with van der Waals surface area (Å²) in [5.74, 6) is 0.889. The first-order valence-corrected chi connectivity index (χ1v) is 11.4. The Kier molecular flexibility index (Phi) is 7.51. The number of anilines is 1. The number of nitrogens with one attached hydrogen (secondary N) is 1. The number of rotatable bonds is 6. The summed E-state index contributed by atoms with van der Waals surface area (Å²) in [4.78, 5) is 19.1. The molecule has 1 aliphatic heterocycles. The van der Waals surface area contributed by atoms with Crippen LogP contribution in [0.1, 0.15) is 38.2 Å². The third kappa shape index (κ3) is 6.17. The molecule has 5 heteroatoms. The average molecular weight is 430 g/mol. The van der Waals surface area contributed by atoms with Crippen LogP contribution in [-0.4, -0.2) is 35.0 Å². The number of nitrogens with zero attached hydrogens (tertiary/aromatic N) is 2. The molecule has 0 atom stereocenters. The Hall–Kier alpha value is -3.18. The molecule has 1 aromatic heterocycles. The van der Waals surface area contributed by atoms with Crippen LogP contribution in [0, 0.1) is 0 Å². The Morgan fingerprint density at radius 2 is 1.84 bits per heavy atom. The summed E-state index contributed by atoms with van der Waals surface area (Å²) >= 11 is 0. The number of amides is 1. The minimum Gasteiger partial charge on any atom is -0.490 e. The largest absolute Gasteiger partial charge is 0.490 e. The van der Waals surface area contributed by atoms with E-state index >= 15 is 0 Å². The van der Waals surface area contributed by atoms with Crippen molar-refractivity contribution < 1.29 is 9.53 Å². The van der Waals surface area contributed by atoms with Crippen molar-refractivity contribution in [1.29, 1.82) is 0 Å². The topological polar surface area (TPSA) is 54.5 Å². The summed E-state index contributed by atoms with van der Waals surface area (Å²) in [6.07, 6.45) is 13.0. The van der Waals surface area contributed by atoms with Gasteiger partial charge in [-0.15, -0.1) is 0 Å². The van der Waals surface area contributed by atoms with Crippen LogP contribution in [0.4, 0.5) is 5.69 Å². The molecule has 1 fully saturated rings. The van der Waals surface area contributed by atoms with E-state index in [1.807, 2.05) is 18.2 Å². The van der Waals surface area contributed by atoms with Gasteiger partial charge in [-0.3, -0.25) is 14.7 Å². The van der Waals surface area contributed by atoms with Crippen molar-refractivity contribution in [2.24, 2.45) is 0 Å². The standard InChI is InChI=1S/C27H31N3O2/c1-21-10-11-23(27(31)29-24-12-16-28-17-13-24)8-5-9-26(21)32-25-14-18-30(19-15-25)20-22-6-3-2-4-7-22/h2-9,12-13,16-17,25H,10-11,14-15,18-20H2,1H3,(H,28,29,31). The monoisotopic (exact) mass is 429 g/mol. The van der Waals surface area contributed by atoms with E-state index in [9.17, 15) is 4.79 Å². The summed E-state index contributed by atoms with van der Waals surface area (Å²) in [7, 11) is 0. The van der Waals surface area contributed by atoms with Crippen molar-refractivity contribution in [3.05, 3.63) is 95.6 Å². The first-order valence-electron chi connectivity index (χ1n) is 11.4. The maximum absolute atomic E-state index is 12.6. The lowest BCUT2D eigenvalue weighted by Crippen LogP contribution is -2.36. The van der Waals surface area contributed by atoms with Crippen molar-refractivity contribution in [1.82, 2.24) is 9.88 Å². The Morgan fingerprint density at radius 3 is 2.59 bits per heavy atom. The molecule has 1 aromatic carbocycles. The molecule has 0 radical (unpaired) electrons. The van der Waals surface area contributed by atoms with Gasteiger partial charge in [-0.05, 0) is 62.0 Å². The molecule has 1 saturated heterocycles. The highest BCUT2D eigenvalue weighted by Gasteiger charge is 2.22. The van der Waals surface area contributed by atoms with Gasteiger partial charge in [-0.1, -0.05) is 42.5 Å². The fourth-order valence-corrected chi connectivity index (χ4v) is 4.10. The molecular weight excluding hydrogens is 398 g/mol. The van der Waals surface area contributed by atoms with Crippen LogP contribution < -0.4 is 5.32 Å². The van der Waals surface area contributed by atoms with Crippen LogP contribution in [0.3, 0.4) is 0 Å². The van der Waals surface area contributed by atoms with Crippen LogP contribution in [-0.2, 0) is 16.1 Å². The predicted octanol–water partition coefficient (Wildman–Crippen LogP) is 5.25. The first kappa shape index (κ1) is 22.0. The SMILES string of the molecule is CC1=C(OC2CCN(Cc3ccccc3)CC2)C=CC=C(C(=O)Nc2ccncc2)CC1. The number of piperidine rings is 1. The lowest BCUT2D eigenvalue weighted by molar-refractivity contribution is -0.113.